The molecule has 0 aliphatic rings. The van der Waals surface area contributed by atoms with Gasteiger partial charge in [0.1, 0.15) is 6.54 Å². The van der Waals surface area contributed by atoms with Crippen molar-refractivity contribution in [3.05, 3.63) is 29.3 Å². The van der Waals surface area contributed by atoms with E-state index in [2.05, 4.69) is 19.2 Å². The number of nitrogens with one attached hydrogen (secondary N) is 1. The van der Waals surface area contributed by atoms with Gasteiger partial charge in [0.05, 0.1) is 5.69 Å². The van der Waals surface area contributed by atoms with Gasteiger partial charge in [-0.2, -0.15) is 0 Å². The molecule has 0 saturated heterocycles. The number of benzene rings is 1. The Bertz CT molecular complexity index is 487. The van der Waals surface area contributed by atoms with Crippen molar-refractivity contribution in [2.75, 3.05) is 11.4 Å². The van der Waals surface area contributed by atoms with Gasteiger partial charge in [0.25, 0.3) is 0 Å². The number of amides is 2. The highest BCUT2D eigenvalue weighted by atomic mass is 16.2. The zero-order chi connectivity index (χ0) is 16.0. The first-order valence-electron chi connectivity index (χ1n) is 7.58. The van der Waals surface area contributed by atoms with Gasteiger partial charge in [0.2, 0.25) is 11.8 Å². The quantitative estimate of drug-likeness (QED) is 0.875. The molecule has 0 aliphatic carbocycles. The van der Waals surface area contributed by atoms with Crippen molar-refractivity contribution in [2.24, 2.45) is 0 Å². The van der Waals surface area contributed by atoms with E-state index in [1.807, 2.05) is 32.0 Å². The summed E-state index contributed by atoms with van der Waals surface area (Å²) in [6.45, 7) is 9.52. The number of carbonyl (C=O) groups excluding carboxylic acids is 2. The van der Waals surface area contributed by atoms with Crippen molar-refractivity contribution in [1.29, 1.82) is 0 Å². The van der Waals surface area contributed by atoms with E-state index in [-0.39, 0.29) is 24.4 Å². The molecule has 0 radical (unpaired) electrons. The highest BCUT2D eigenvalue weighted by molar-refractivity contribution is 5.98. The molecule has 0 aliphatic heterocycles. The molecule has 4 nitrogen and oxygen atoms in total. The molecular formula is C17H26N2O2. The van der Waals surface area contributed by atoms with E-state index in [0.29, 0.717) is 0 Å². The van der Waals surface area contributed by atoms with E-state index in [1.54, 1.807) is 4.90 Å². The van der Waals surface area contributed by atoms with Crippen molar-refractivity contribution in [3.8, 4) is 0 Å². The molecule has 2 amide bonds. The van der Waals surface area contributed by atoms with Gasteiger partial charge in [-0.3, -0.25) is 9.59 Å². The molecule has 4 heteroatoms. The van der Waals surface area contributed by atoms with Crippen LogP contribution in [0.5, 0.6) is 0 Å². The van der Waals surface area contributed by atoms with E-state index in [0.717, 1.165) is 29.7 Å². The lowest BCUT2D eigenvalue weighted by Gasteiger charge is -2.26. The SMILES string of the molecule is CCc1cccc(CC)c1N(CC(=O)NC(C)C)C(C)=O. The number of nitrogens with zero attached hydrogens (tertiary/aromatic N) is 1. The predicted octanol–water partition coefficient (Wildman–Crippen LogP) is 2.69. The Hall–Kier alpha value is -1.84. The maximum Gasteiger partial charge on any atom is 0.240 e. The maximum atomic E-state index is 12.0. The van der Waals surface area contributed by atoms with Crippen LogP contribution < -0.4 is 10.2 Å². The van der Waals surface area contributed by atoms with Gasteiger partial charge < -0.3 is 10.2 Å². The molecule has 1 rings (SSSR count). The first kappa shape index (κ1) is 17.2. The van der Waals surface area contributed by atoms with Crippen LogP contribution in [-0.4, -0.2) is 24.4 Å². The predicted molar refractivity (Wildman–Crippen MR) is 86.5 cm³/mol. The van der Waals surface area contributed by atoms with Gasteiger partial charge in [0.15, 0.2) is 0 Å². The molecular weight excluding hydrogens is 264 g/mol. The van der Waals surface area contributed by atoms with Gasteiger partial charge in [-0.25, -0.2) is 0 Å². The minimum absolute atomic E-state index is 0.0670. The van der Waals surface area contributed by atoms with Crippen LogP contribution in [0.15, 0.2) is 18.2 Å². The molecule has 0 fully saturated rings. The summed E-state index contributed by atoms with van der Waals surface area (Å²) in [6, 6.07) is 6.11. The number of aryl methyl sites for hydroxylation is 2. The van der Waals surface area contributed by atoms with Crippen LogP contribution in [0.1, 0.15) is 45.7 Å². The van der Waals surface area contributed by atoms with Crippen molar-refractivity contribution in [2.45, 2.75) is 53.5 Å². The molecule has 0 saturated carbocycles. The number of para-hydroxylation sites is 1. The number of anilines is 1. The summed E-state index contributed by atoms with van der Waals surface area (Å²) in [5.74, 6) is -0.238. The van der Waals surface area contributed by atoms with E-state index in [9.17, 15) is 9.59 Å². The summed E-state index contributed by atoms with van der Waals surface area (Å²) in [5.41, 5.74) is 3.10. The van der Waals surface area contributed by atoms with Gasteiger partial charge in [0, 0.05) is 13.0 Å². The standard InChI is InChI=1S/C17H26N2O2/c1-6-14-9-8-10-15(7-2)17(14)19(13(5)20)11-16(21)18-12(3)4/h8-10,12H,6-7,11H2,1-5H3,(H,18,21). The smallest absolute Gasteiger partial charge is 0.240 e. The van der Waals surface area contributed by atoms with Crippen LogP contribution in [0.25, 0.3) is 0 Å². The summed E-state index contributed by atoms with van der Waals surface area (Å²) < 4.78 is 0. The average Bonchev–Trinajstić information content (AvgIpc) is 2.42. The molecule has 1 aromatic rings. The lowest BCUT2D eigenvalue weighted by molar-refractivity contribution is -0.123. The fraction of sp³-hybridized carbons (Fsp3) is 0.529. The Morgan fingerprint density at radius 1 is 1.14 bits per heavy atom. The van der Waals surface area contributed by atoms with Crippen molar-refractivity contribution in [1.82, 2.24) is 5.32 Å². The summed E-state index contributed by atoms with van der Waals surface area (Å²) in [7, 11) is 0. The largest absolute Gasteiger partial charge is 0.352 e. The van der Waals surface area contributed by atoms with Crippen molar-refractivity contribution < 1.29 is 9.59 Å². The number of hydrogen-bond donors (Lipinski definition) is 1. The van der Waals surface area contributed by atoms with E-state index >= 15 is 0 Å². The Balaban J connectivity index is 3.17. The number of carbonyl (C=O) groups is 2. The first-order chi connectivity index (χ1) is 9.90. The van der Waals surface area contributed by atoms with Crippen LogP contribution in [-0.2, 0) is 22.4 Å². The van der Waals surface area contributed by atoms with Crippen LogP contribution in [0, 0.1) is 0 Å². The van der Waals surface area contributed by atoms with Crippen LogP contribution in [0.2, 0.25) is 0 Å². The zero-order valence-corrected chi connectivity index (χ0v) is 13.7. The van der Waals surface area contributed by atoms with Crippen LogP contribution in [0.3, 0.4) is 0 Å². The van der Waals surface area contributed by atoms with E-state index in [4.69, 9.17) is 0 Å². The van der Waals surface area contributed by atoms with Gasteiger partial charge in [-0.05, 0) is 37.8 Å². The molecule has 0 unspecified atom stereocenters. The summed E-state index contributed by atoms with van der Waals surface area (Å²) in [5, 5.41) is 2.84. The zero-order valence-electron chi connectivity index (χ0n) is 13.7. The first-order valence-corrected chi connectivity index (χ1v) is 7.58. The fourth-order valence-corrected chi connectivity index (χ4v) is 2.42. The molecule has 0 bridgehead atoms. The third-order valence-electron chi connectivity index (χ3n) is 3.37. The topological polar surface area (TPSA) is 49.4 Å². The van der Waals surface area contributed by atoms with Gasteiger partial charge in [-0.1, -0.05) is 32.0 Å². The number of rotatable bonds is 6. The Labute approximate surface area is 127 Å². The maximum absolute atomic E-state index is 12.0. The molecule has 1 N–H and O–H groups in total. The van der Waals surface area contributed by atoms with Crippen LogP contribution >= 0.6 is 0 Å². The summed E-state index contributed by atoms with van der Waals surface area (Å²) in [6.07, 6.45) is 1.66. The second-order valence-electron chi connectivity index (χ2n) is 5.46. The van der Waals surface area contributed by atoms with Crippen molar-refractivity contribution in [3.63, 3.8) is 0 Å². The van der Waals surface area contributed by atoms with E-state index < -0.39 is 0 Å². The third kappa shape index (κ3) is 4.59. The van der Waals surface area contributed by atoms with Gasteiger partial charge >= 0.3 is 0 Å². The Morgan fingerprint density at radius 2 is 1.67 bits per heavy atom. The number of hydrogen-bond acceptors (Lipinski definition) is 2. The molecule has 0 heterocycles. The highest BCUT2D eigenvalue weighted by Gasteiger charge is 2.21. The second kappa shape index (κ2) is 7.81. The minimum Gasteiger partial charge on any atom is -0.352 e. The molecule has 116 valence electrons. The normalized spacial score (nSPS) is 10.6. The minimum atomic E-state index is -0.131. The fourth-order valence-electron chi connectivity index (χ4n) is 2.42. The molecule has 21 heavy (non-hydrogen) atoms. The molecule has 0 atom stereocenters. The molecule has 0 spiro atoms. The lowest BCUT2D eigenvalue weighted by atomic mass is 10.0. The van der Waals surface area contributed by atoms with Crippen LogP contribution in [0.4, 0.5) is 5.69 Å². The molecule has 1 aromatic carbocycles. The second-order valence-corrected chi connectivity index (χ2v) is 5.46. The van der Waals surface area contributed by atoms with E-state index in [1.165, 1.54) is 6.92 Å². The van der Waals surface area contributed by atoms with Gasteiger partial charge in [-0.15, -0.1) is 0 Å². The third-order valence-corrected chi connectivity index (χ3v) is 3.37. The monoisotopic (exact) mass is 290 g/mol. The summed E-state index contributed by atoms with van der Waals surface area (Å²) >= 11 is 0. The highest BCUT2D eigenvalue weighted by Crippen LogP contribution is 2.27. The average molecular weight is 290 g/mol. The Morgan fingerprint density at radius 3 is 2.05 bits per heavy atom. The Kier molecular flexibility index (Phi) is 6.40. The van der Waals surface area contributed by atoms with Crippen molar-refractivity contribution >= 4 is 17.5 Å². The lowest BCUT2D eigenvalue weighted by Crippen LogP contribution is -2.42. The molecule has 0 aromatic heterocycles. The summed E-state index contributed by atoms with van der Waals surface area (Å²) in [4.78, 5) is 25.7.